The summed E-state index contributed by atoms with van der Waals surface area (Å²) in [5.41, 5.74) is 11.4. The van der Waals surface area contributed by atoms with E-state index in [0.717, 1.165) is 23.5 Å². The Hall–Kier alpha value is -2.30. The molecule has 2 rings (SSSR count). The molecule has 0 atom stereocenters. The van der Waals surface area contributed by atoms with Gasteiger partial charge in [-0.05, 0) is 51.0 Å². The lowest BCUT2D eigenvalue weighted by atomic mass is 10.1. The molecule has 5 nitrogen and oxygen atoms in total. The van der Waals surface area contributed by atoms with Gasteiger partial charge in [0.15, 0.2) is 0 Å². The van der Waals surface area contributed by atoms with Crippen molar-refractivity contribution in [2.75, 3.05) is 12.3 Å². The minimum atomic E-state index is -0.113. The maximum atomic E-state index is 11.8. The number of rotatable bonds is 4. The van der Waals surface area contributed by atoms with Crippen LogP contribution in [0, 0.1) is 13.8 Å². The Bertz CT molecular complexity index is 673. The highest BCUT2D eigenvalue weighted by molar-refractivity contribution is 5.95. The average Bonchev–Trinajstić information content (AvgIpc) is 2.73. The third kappa shape index (κ3) is 2.77. The van der Waals surface area contributed by atoms with Gasteiger partial charge in [-0.15, -0.1) is 0 Å². The predicted octanol–water partition coefficient (Wildman–Crippen LogP) is 2.38. The molecule has 1 aromatic carbocycles. The molecular formula is C16H22N4O. The van der Waals surface area contributed by atoms with Crippen LogP contribution in [0.2, 0.25) is 0 Å². The summed E-state index contributed by atoms with van der Waals surface area (Å²) in [5.74, 6) is -0.113. The number of nitrogens with two attached hydrogens (primary N) is 1. The van der Waals surface area contributed by atoms with E-state index in [9.17, 15) is 4.79 Å². The predicted molar refractivity (Wildman–Crippen MR) is 84.8 cm³/mol. The van der Waals surface area contributed by atoms with Gasteiger partial charge >= 0.3 is 0 Å². The van der Waals surface area contributed by atoms with Crippen molar-refractivity contribution < 1.29 is 4.79 Å². The molecule has 5 heteroatoms. The van der Waals surface area contributed by atoms with Crippen LogP contribution in [0.1, 0.15) is 41.2 Å². The highest BCUT2D eigenvalue weighted by atomic mass is 16.1. The summed E-state index contributed by atoms with van der Waals surface area (Å²) < 4.78 is 1.85. The summed E-state index contributed by atoms with van der Waals surface area (Å²) in [7, 11) is 0. The number of hydrogen-bond donors (Lipinski definition) is 2. The van der Waals surface area contributed by atoms with E-state index in [1.807, 2.05) is 31.5 Å². The monoisotopic (exact) mass is 286 g/mol. The smallest absolute Gasteiger partial charge is 0.251 e. The van der Waals surface area contributed by atoms with Gasteiger partial charge in [0.1, 0.15) is 0 Å². The van der Waals surface area contributed by atoms with Gasteiger partial charge in [-0.1, -0.05) is 6.92 Å². The fourth-order valence-electron chi connectivity index (χ4n) is 2.57. The number of benzene rings is 1. The first-order valence-corrected chi connectivity index (χ1v) is 7.22. The zero-order valence-corrected chi connectivity index (χ0v) is 13.0. The molecule has 0 spiro atoms. The van der Waals surface area contributed by atoms with E-state index in [2.05, 4.69) is 17.3 Å². The van der Waals surface area contributed by atoms with Crippen molar-refractivity contribution in [3.8, 4) is 5.69 Å². The molecule has 0 saturated carbocycles. The second-order valence-corrected chi connectivity index (χ2v) is 5.05. The van der Waals surface area contributed by atoms with Gasteiger partial charge in [-0.2, -0.15) is 5.10 Å². The summed E-state index contributed by atoms with van der Waals surface area (Å²) in [6, 6.07) is 5.32. The zero-order chi connectivity index (χ0) is 15.6. The van der Waals surface area contributed by atoms with E-state index in [1.54, 1.807) is 12.1 Å². The molecule has 21 heavy (non-hydrogen) atoms. The van der Waals surface area contributed by atoms with E-state index in [4.69, 9.17) is 5.73 Å². The second-order valence-electron chi connectivity index (χ2n) is 5.05. The summed E-state index contributed by atoms with van der Waals surface area (Å²) in [6.45, 7) is 8.63. The van der Waals surface area contributed by atoms with Gasteiger partial charge in [0.2, 0.25) is 0 Å². The molecule has 0 saturated heterocycles. The van der Waals surface area contributed by atoms with Gasteiger partial charge in [0.25, 0.3) is 5.91 Å². The number of anilines is 1. The van der Waals surface area contributed by atoms with Crippen molar-refractivity contribution in [1.29, 1.82) is 0 Å². The molecule has 112 valence electrons. The lowest BCUT2D eigenvalue weighted by Gasteiger charge is -2.10. The molecule has 3 N–H and O–H groups in total. The van der Waals surface area contributed by atoms with Crippen LogP contribution in [0.3, 0.4) is 0 Å². The van der Waals surface area contributed by atoms with E-state index in [0.29, 0.717) is 17.8 Å². The first-order valence-electron chi connectivity index (χ1n) is 7.22. The van der Waals surface area contributed by atoms with Gasteiger partial charge < -0.3 is 11.1 Å². The number of nitrogens with one attached hydrogen (secondary N) is 1. The molecule has 1 heterocycles. The molecule has 0 aliphatic rings. The van der Waals surface area contributed by atoms with Crippen molar-refractivity contribution in [2.45, 2.75) is 34.1 Å². The van der Waals surface area contributed by atoms with Gasteiger partial charge in [0.05, 0.1) is 17.1 Å². The third-order valence-electron chi connectivity index (χ3n) is 3.65. The van der Waals surface area contributed by atoms with Crippen molar-refractivity contribution in [3.63, 3.8) is 0 Å². The van der Waals surface area contributed by atoms with E-state index >= 15 is 0 Å². The molecule has 0 bridgehead atoms. The van der Waals surface area contributed by atoms with Crippen molar-refractivity contribution >= 4 is 11.6 Å². The first kappa shape index (κ1) is 15.1. The van der Waals surface area contributed by atoms with Crippen LogP contribution in [-0.2, 0) is 6.42 Å². The summed E-state index contributed by atoms with van der Waals surface area (Å²) in [4.78, 5) is 11.8. The minimum Gasteiger partial charge on any atom is -0.397 e. The normalized spacial score (nSPS) is 10.7. The molecule has 0 radical (unpaired) electrons. The Kier molecular flexibility index (Phi) is 4.31. The Labute approximate surface area is 125 Å². The summed E-state index contributed by atoms with van der Waals surface area (Å²) in [5, 5.41) is 7.32. The molecule has 0 fully saturated rings. The third-order valence-corrected chi connectivity index (χ3v) is 3.65. The molecule has 1 aromatic heterocycles. The summed E-state index contributed by atoms with van der Waals surface area (Å²) in [6.07, 6.45) is 0.939. The number of aryl methyl sites for hydroxylation is 1. The first-order chi connectivity index (χ1) is 9.99. The van der Waals surface area contributed by atoms with Gasteiger partial charge in [0, 0.05) is 17.8 Å². The fourth-order valence-corrected chi connectivity index (χ4v) is 2.57. The van der Waals surface area contributed by atoms with Crippen LogP contribution in [0.15, 0.2) is 18.2 Å². The lowest BCUT2D eigenvalue weighted by molar-refractivity contribution is 0.0956. The highest BCUT2D eigenvalue weighted by Crippen LogP contribution is 2.23. The van der Waals surface area contributed by atoms with Crippen LogP contribution in [0.4, 0.5) is 5.69 Å². The Morgan fingerprint density at radius 3 is 2.57 bits per heavy atom. The second kappa shape index (κ2) is 5.99. The van der Waals surface area contributed by atoms with Crippen LogP contribution in [0.25, 0.3) is 5.69 Å². The Balaban J connectivity index is 2.44. The van der Waals surface area contributed by atoms with Gasteiger partial charge in [-0.25, -0.2) is 4.68 Å². The maximum Gasteiger partial charge on any atom is 0.251 e. The number of nitrogen functional groups attached to an aromatic ring is 1. The minimum absolute atomic E-state index is 0.113. The standard InChI is InChI=1S/C16H22N4O/c1-5-13-10(3)19-20(11(13)4)15-8-7-12(9-14(15)17)16(21)18-6-2/h7-9H,5-6,17H2,1-4H3,(H,18,21). The molecule has 0 aliphatic carbocycles. The Morgan fingerprint density at radius 1 is 1.33 bits per heavy atom. The summed E-state index contributed by atoms with van der Waals surface area (Å²) >= 11 is 0. The Morgan fingerprint density at radius 2 is 2.05 bits per heavy atom. The maximum absolute atomic E-state index is 11.8. The van der Waals surface area contributed by atoms with E-state index in [1.165, 1.54) is 5.56 Å². The van der Waals surface area contributed by atoms with Crippen LogP contribution < -0.4 is 11.1 Å². The number of carbonyl (C=O) groups is 1. The number of carbonyl (C=O) groups excluding carboxylic acids is 1. The quantitative estimate of drug-likeness (QED) is 0.848. The highest BCUT2D eigenvalue weighted by Gasteiger charge is 2.14. The number of hydrogen-bond acceptors (Lipinski definition) is 3. The van der Waals surface area contributed by atoms with Crippen LogP contribution in [-0.4, -0.2) is 22.2 Å². The largest absolute Gasteiger partial charge is 0.397 e. The van der Waals surface area contributed by atoms with Crippen molar-refractivity contribution in [3.05, 3.63) is 40.7 Å². The average molecular weight is 286 g/mol. The van der Waals surface area contributed by atoms with Gasteiger partial charge in [-0.3, -0.25) is 4.79 Å². The number of amides is 1. The molecule has 2 aromatic rings. The SMILES string of the molecule is CCNC(=O)c1ccc(-n2nc(C)c(CC)c2C)c(N)c1. The topological polar surface area (TPSA) is 72.9 Å². The van der Waals surface area contributed by atoms with Crippen LogP contribution >= 0.6 is 0 Å². The van der Waals surface area contributed by atoms with E-state index in [-0.39, 0.29) is 5.91 Å². The number of nitrogens with zero attached hydrogens (tertiary/aromatic N) is 2. The van der Waals surface area contributed by atoms with Crippen molar-refractivity contribution in [2.24, 2.45) is 0 Å². The lowest BCUT2D eigenvalue weighted by Crippen LogP contribution is -2.22. The molecule has 0 unspecified atom stereocenters. The molecular weight excluding hydrogens is 264 g/mol. The van der Waals surface area contributed by atoms with Crippen LogP contribution in [0.5, 0.6) is 0 Å². The fraction of sp³-hybridized carbons (Fsp3) is 0.375. The van der Waals surface area contributed by atoms with Crippen molar-refractivity contribution in [1.82, 2.24) is 15.1 Å². The zero-order valence-electron chi connectivity index (χ0n) is 13.0. The molecule has 1 amide bonds. The van der Waals surface area contributed by atoms with E-state index < -0.39 is 0 Å². The molecule has 0 aliphatic heterocycles. The number of aromatic nitrogens is 2.